The van der Waals surface area contributed by atoms with Crippen molar-refractivity contribution < 1.29 is 22.1 Å². The Balaban J connectivity index is 1.82. The summed E-state index contributed by atoms with van der Waals surface area (Å²) in [7, 11) is -4.15. The minimum absolute atomic E-state index is 0.0249. The highest BCUT2D eigenvalue weighted by atomic mass is 32.2. The first-order valence-electron chi connectivity index (χ1n) is 9.44. The van der Waals surface area contributed by atoms with Gasteiger partial charge in [0, 0.05) is 29.4 Å². The van der Waals surface area contributed by atoms with Crippen LogP contribution in [0.4, 0.5) is 14.5 Å². The summed E-state index contributed by atoms with van der Waals surface area (Å²) in [5.41, 5.74) is -1.12. The van der Waals surface area contributed by atoms with E-state index in [0.717, 1.165) is 10.0 Å². The molecule has 2 heterocycles. The Kier molecular flexibility index (Phi) is 4.88. The van der Waals surface area contributed by atoms with Crippen LogP contribution in [0.1, 0.15) is 25.8 Å². The summed E-state index contributed by atoms with van der Waals surface area (Å²) in [5.74, 6) is -2.64. The van der Waals surface area contributed by atoms with Gasteiger partial charge in [0.05, 0.1) is 11.0 Å². The van der Waals surface area contributed by atoms with Gasteiger partial charge in [-0.05, 0) is 43.5 Å². The standard InChI is InChI=1S/C21H17F2N3O5S/c1-12-9-14(16-10-15(26(28)29)11-17(22)18(16)23)3-6-21(12,2)32(30,31)25-8-5-13-4-7-24-20(27)19(13)25/h3-5,7-11H,6H2,1-2H3,(H,24,27). The molecule has 0 saturated heterocycles. The Hall–Kier alpha value is -3.60. The van der Waals surface area contributed by atoms with Crippen molar-refractivity contribution in [3.63, 3.8) is 0 Å². The number of benzene rings is 1. The number of non-ortho nitro benzene ring substituents is 1. The van der Waals surface area contributed by atoms with Crippen LogP contribution >= 0.6 is 0 Å². The molecular formula is C21H17F2N3O5S. The molecule has 11 heteroatoms. The van der Waals surface area contributed by atoms with E-state index in [0.29, 0.717) is 17.0 Å². The Labute approximate surface area is 180 Å². The number of allylic oxidation sites excluding steroid dienone is 3. The number of aromatic amines is 1. The topological polar surface area (TPSA) is 115 Å². The number of nitro groups is 1. The summed E-state index contributed by atoms with van der Waals surface area (Å²) in [6, 6.07) is 4.48. The number of pyridine rings is 1. The first-order chi connectivity index (χ1) is 15.0. The van der Waals surface area contributed by atoms with E-state index in [1.807, 2.05) is 0 Å². The lowest BCUT2D eigenvalue weighted by atomic mass is 9.87. The van der Waals surface area contributed by atoms with E-state index >= 15 is 0 Å². The molecule has 0 spiro atoms. The molecule has 4 rings (SSSR count). The quantitative estimate of drug-likeness (QED) is 0.468. The Bertz CT molecular complexity index is 1520. The second kappa shape index (κ2) is 7.23. The molecule has 8 nitrogen and oxygen atoms in total. The van der Waals surface area contributed by atoms with Crippen molar-refractivity contribution in [1.82, 2.24) is 8.96 Å². The van der Waals surface area contributed by atoms with Crippen LogP contribution in [0.25, 0.3) is 16.5 Å². The maximum atomic E-state index is 14.4. The molecule has 1 unspecified atom stereocenters. The van der Waals surface area contributed by atoms with Gasteiger partial charge in [-0.1, -0.05) is 12.2 Å². The van der Waals surface area contributed by atoms with Gasteiger partial charge >= 0.3 is 0 Å². The predicted octanol–water partition coefficient (Wildman–Crippen LogP) is 3.89. The summed E-state index contributed by atoms with van der Waals surface area (Å²) in [5, 5.41) is 11.5. The third kappa shape index (κ3) is 3.08. The Morgan fingerprint density at radius 1 is 1.25 bits per heavy atom. The van der Waals surface area contributed by atoms with Crippen LogP contribution in [0.2, 0.25) is 0 Å². The number of aromatic nitrogens is 2. The molecule has 2 aromatic heterocycles. The van der Waals surface area contributed by atoms with E-state index in [4.69, 9.17) is 0 Å². The number of hydrogen-bond donors (Lipinski definition) is 1. The molecule has 166 valence electrons. The zero-order valence-electron chi connectivity index (χ0n) is 16.9. The lowest BCUT2D eigenvalue weighted by Gasteiger charge is -2.33. The van der Waals surface area contributed by atoms with Crippen LogP contribution in [-0.4, -0.2) is 27.0 Å². The van der Waals surface area contributed by atoms with Crippen molar-refractivity contribution >= 4 is 32.2 Å². The number of fused-ring (bicyclic) bond motifs is 1. The third-order valence-corrected chi connectivity index (χ3v) is 8.31. The lowest BCUT2D eigenvalue weighted by Crippen LogP contribution is -2.41. The SMILES string of the molecule is CC1=CC(c2cc([N+](=O)[O-])cc(F)c2F)=CCC1(C)S(=O)(=O)n1ccc2cc[nH]c(=O)c21. The van der Waals surface area contributed by atoms with Crippen molar-refractivity contribution in [3.8, 4) is 0 Å². The van der Waals surface area contributed by atoms with Crippen molar-refractivity contribution in [2.75, 3.05) is 0 Å². The molecule has 0 aliphatic heterocycles. The number of nitro benzene ring substituents is 1. The van der Waals surface area contributed by atoms with Crippen molar-refractivity contribution in [3.05, 3.63) is 92.1 Å². The molecular weight excluding hydrogens is 444 g/mol. The normalized spacial score (nSPS) is 19.0. The smallest absolute Gasteiger partial charge is 0.273 e. The fourth-order valence-electron chi connectivity index (χ4n) is 3.78. The van der Waals surface area contributed by atoms with Crippen LogP contribution in [0.3, 0.4) is 0 Å². The highest BCUT2D eigenvalue weighted by Crippen LogP contribution is 2.40. The van der Waals surface area contributed by atoms with Gasteiger partial charge in [0.15, 0.2) is 11.6 Å². The third-order valence-electron chi connectivity index (χ3n) is 5.86. The van der Waals surface area contributed by atoms with Gasteiger partial charge in [-0.3, -0.25) is 14.9 Å². The van der Waals surface area contributed by atoms with E-state index in [1.54, 1.807) is 6.07 Å². The summed E-state index contributed by atoms with van der Waals surface area (Å²) in [4.78, 5) is 24.9. The van der Waals surface area contributed by atoms with Gasteiger partial charge in [0.1, 0.15) is 10.3 Å². The van der Waals surface area contributed by atoms with Gasteiger partial charge in [-0.25, -0.2) is 21.2 Å². The molecule has 0 saturated carbocycles. The molecule has 32 heavy (non-hydrogen) atoms. The Morgan fingerprint density at radius 3 is 2.62 bits per heavy atom. The molecule has 1 N–H and O–H groups in total. The molecule has 0 fully saturated rings. The molecule has 0 bridgehead atoms. The van der Waals surface area contributed by atoms with Gasteiger partial charge in [0.2, 0.25) is 10.0 Å². The maximum absolute atomic E-state index is 14.4. The largest absolute Gasteiger partial charge is 0.327 e. The van der Waals surface area contributed by atoms with Gasteiger partial charge < -0.3 is 4.98 Å². The van der Waals surface area contributed by atoms with E-state index in [2.05, 4.69) is 4.98 Å². The second-order valence-electron chi connectivity index (χ2n) is 7.70. The zero-order valence-corrected chi connectivity index (χ0v) is 17.7. The first kappa shape index (κ1) is 21.6. The average molecular weight is 461 g/mol. The van der Waals surface area contributed by atoms with Crippen LogP contribution in [0, 0.1) is 21.7 Å². The van der Waals surface area contributed by atoms with E-state index in [9.17, 15) is 32.1 Å². The minimum atomic E-state index is -4.15. The predicted molar refractivity (Wildman–Crippen MR) is 115 cm³/mol. The summed E-state index contributed by atoms with van der Waals surface area (Å²) in [6.45, 7) is 2.99. The van der Waals surface area contributed by atoms with Gasteiger partial charge in [0.25, 0.3) is 11.2 Å². The van der Waals surface area contributed by atoms with Crippen LogP contribution in [0.5, 0.6) is 0 Å². The summed E-state index contributed by atoms with van der Waals surface area (Å²) >= 11 is 0. The number of halogens is 2. The maximum Gasteiger partial charge on any atom is 0.273 e. The van der Waals surface area contributed by atoms with E-state index in [1.165, 1.54) is 44.5 Å². The highest BCUT2D eigenvalue weighted by Gasteiger charge is 2.43. The fraction of sp³-hybridized carbons (Fsp3) is 0.190. The first-order valence-corrected chi connectivity index (χ1v) is 10.9. The van der Waals surface area contributed by atoms with E-state index < -0.39 is 42.6 Å². The molecule has 0 amide bonds. The molecule has 1 aliphatic carbocycles. The molecule has 1 aromatic carbocycles. The fourth-order valence-corrected chi connectivity index (χ4v) is 5.63. The van der Waals surface area contributed by atoms with Crippen molar-refractivity contribution in [2.24, 2.45) is 0 Å². The molecule has 0 radical (unpaired) electrons. The van der Waals surface area contributed by atoms with Crippen LogP contribution in [0.15, 0.2) is 59.2 Å². The van der Waals surface area contributed by atoms with Crippen molar-refractivity contribution in [2.45, 2.75) is 25.0 Å². The minimum Gasteiger partial charge on any atom is -0.327 e. The van der Waals surface area contributed by atoms with E-state index in [-0.39, 0.29) is 23.1 Å². The van der Waals surface area contributed by atoms with Gasteiger partial charge in [-0.2, -0.15) is 0 Å². The second-order valence-corrected chi connectivity index (χ2v) is 9.94. The Morgan fingerprint density at radius 2 is 1.97 bits per heavy atom. The number of H-pyrrole nitrogens is 1. The van der Waals surface area contributed by atoms with Gasteiger partial charge in [-0.15, -0.1) is 0 Å². The average Bonchev–Trinajstić information content (AvgIpc) is 3.18. The van der Waals surface area contributed by atoms with Crippen LogP contribution in [-0.2, 0) is 10.0 Å². The lowest BCUT2D eigenvalue weighted by molar-refractivity contribution is -0.385. The molecule has 1 atom stereocenters. The molecule has 1 aliphatic rings. The highest BCUT2D eigenvalue weighted by molar-refractivity contribution is 7.91. The number of nitrogens with one attached hydrogen (secondary N) is 1. The molecule has 3 aromatic rings. The number of hydrogen-bond acceptors (Lipinski definition) is 5. The monoisotopic (exact) mass is 461 g/mol. The summed E-state index contributed by atoms with van der Waals surface area (Å²) < 4.78 is 54.9. The van der Waals surface area contributed by atoms with Crippen molar-refractivity contribution in [1.29, 1.82) is 0 Å². The summed E-state index contributed by atoms with van der Waals surface area (Å²) in [6.07, 6.45) is 5.33. The number of rotatable bonds is 4. The zero-order chi connectivity index (χ0) is 23.4. The number of nitrogens with zero attached hydrogens (tertiary/aromatic N) is 2. The van der Waals surface area contributed by atoms with Crippen LogP contribution < -0.4 is 5.56 Å².